The van der Waals surface area contributed by atoms with Gasteiger partial charge in [-0.1, -0.05) is 5.21 Å². The summed E-state index contributed by atoms with van der Waals surface area (Å²) in [6.07, 6.45) is 2.35. The van der Waals surface area contributed by atoms with Gasteiger partial charge in [0.15, 0.2) is 6.10 Å². The van der Waals surface area contributed by atoms with Crippen molar-refractivity contribution in [3.8, 4) is 0 Å². The molecule has 0 saturated heterocycles. The number of nitrogens with one attached hydrogen (secondary N) is 2. The molecule has 1 aromatic rings. The number of hydrogen-bond acceptors (Lipinski definition) is 5. The number of nitrogens with zero attached hydrogens (tertiary/aromatic N) is 3. The molecule has 0 saturated carbocycles. The zero-order valence-electron chi connectivity index (χ0n) is 9.61. The van der Waals surface area contributed by atoms with Gasteiger partial charge in [-0.05, 0) is 6.42 Å². The Morgan fingerprint density at radius 1 is 1.39 bits per heavy atom. The number of carboxylic acids is 1. The van der Waals surface area contributed by atoms with E-state index in [-0.39, 0.29) is 6.54 Å². The largest absolute Gasteiger partial charge is 0.479 e. The Morgan fingerprint density at radius 3 is 2.78 bits per heavy atom. The molecule has 0 bridgehead atoms. The molecule has 0 aliphatic carbocycles. The first-order valence-electron chi connectivity index (χ1n) is 5.36. The van der Waals surface area contributed by atoms with Gasteiger partial charge in [0.05, 0.1) is 12.7 Å². The van der Waals surface area contributed by atoms with Crippen LogP contribution in [0.4, 0.5) is 4.79 Å². The first-order valence-corrected chi connectivity index (χ1v) is 5.36. The fourth-order valence-corrected chi connectivity index (χ4v) is 1.13. The summed E-state index contributed by atoms with van der Waals surface area (Å²) in [5.41, 5.74) is 0. The summed E-state index contributed by atoms with van der Waals surface area (Å²) < 4.78 is 1.63. The van der Waals surface area contributed by atoms with Crippen molar-refractivity contribution in [2.75, 3.05) is 13.1 Å². The number of amides is 2. The quantitative estimate of drug-likeness (QED) is 0.436. The molecule has 9 heteroatoms. The molecule has 0 radical (unpaired) electrons. The van der Waals surface area contributed by atoms with Crippen molar-refractivity contribution in [2.45, 2.75) is 19.1 Å². The van der Waals surface area contributed by atoms with Gasteiger partial charge in [-0.2, -0.15) is 0 Å². The second-order valence-electron chi connectivity index (χ2n) is 3.51. The lowest BCUT2D eigenvalue weighted by Crippen LogP contribution is -2.42. The second-order valence-corrected chi connectivity index (χ2v) is 3.51. The van der Waals surface area contributed by atoms with Crippen molar-refractivity contribution in [1.29, 1.82) is 0 Å². The Bertz CT molecular complexity index is 380. The molecule has 0 spiro atoms. The van der Waals surface area contributed by atoms with Crippen LogP contribution >= 0.6 is 0 Å². The van der Waals surface area contributed by atoms with Gasteiger partial charge < -0.3 is 20.8 Å². The zero-order valence-corrected chi connectivity index (χ0v) is 9.61. The minimum atomic E-state index is -1.59. The van der Waals surface area contributed by atoms with Crippen LogP contribution in [0.25, 0.3) is 0 Å². The third-order valence-electron chi connectivity index (χ3n) is 2.06. The Kier molecular flexibility index (Phi) is 5.58. The van der Waals surface area contributed by atoms with Crippen molar-refractivity contribution in [2.24, 2.45) is 0 Å². The first-order chi connectivity index (χ1) is 8.59. The molecule has 1 heterocycles. The van der Waals surface area contributed by atoms with Crippen LogP contribution in [-0.2, 0) is 11.3 Å². The molecule has 1 atom stereocenters. The number of aryl methyl sites for hydroxylation is 1. The number of urea groups is 1. The molecule has 0 aliphatic heterocycles. The van der Waals surface area contributed by atoms with Crippen LogP contribution in [0.5, 0.6) is 0 Å². The van der Waals surface area contributed by atoms with Crippen molar-refractivity contribution in [1.82, 2.24) is 25.6 Å². The molecular formula is C9H15N5O4. The highest BCUT2D eigenvalue weighted by atomic mass is 16.4. The van der Waals surface area contributed by atoms with E-state index in [4.69, 9.17) is 10.2 Å². The van der Waals surface area contributed by atoms with Crippen LogP contribution in [0.3, 0.4) is 0 Å². The number of carbonyl (C=O) groups is 2. The van der Waals surface area contributed by atoms with Crippen molar-refractivity contribution in [3.05, 3.63) is 12.4 Å². The van der Waals surface area contributed by atoms with E-state index >= 15 is 0 Å². The third-order valence-corrected chi connectivity index (χ3v) is 2.06. The molecule has 18 heavy (non-hydrogen) atoms. The van der Waals surface area contributed by atoms with E-state index in [9.17, 15) is 9.59 Å². The topological polar surface area (TPSA) is 129 Å². The number of hydrogen-bond donors (Lipinski definition) is 4. The van der Waals surface area contributed by atoms with E-state index in [0.717, 1.165) is 0 Å². The van der Waals surface area contributed by atoms with Crippen LogP contribution in [0.1, 0.15) is 6.42 Å². The highest BCUT2D eigenvalue weighted by Crippen LogP contribution is 1.86. The number of aromatic nitrogens is 3. The molecular weight excluding hydrogens is 242 g/mol. The van der Waals surface area contributed by atoms with Gasteiger partial charge in [-0.15, -0.1) is 5.10 Å². The molecule has 1 aromatic heterocycles. The SMILES string of the molecule is O=C(NCCCn1ccnn1)NCC(O)C(=O)O. The fraction of sp³-hybridized carbons (Fsp3) is 0.556. The van der Waals surface area contributed by atoms with Crippen LogP contribution in [0.2, 0.25) is 0 Å². The van der Waals surface area contributed by atoms with E-state index in [2.05, 4.69) is 20.9 Å². The minimum Gasteiger partial charge on any atom is -0.479 e. The van der Waals surface area contributed by atoms with Gasteiger partial charge in [0.1, 0.15) is 0 Å². The highest BCUT2D eigenvalue weighted by Gasteiger charge is 2.13. The average Bonchev–Trinajstić information content (AvgIpc) is 2.84. The van der Waals surface area contributed by atoms with Crippen molar-refractivity contribution < 1.29 is 19.8 Å². The summed E-state index contributed by atoms with van der Waals surface area (Å²) in [5, 5.41) is 29.4. The number of carboxylic acid groups (broad SMARTS) is 1. The number of aliphatic hydroxyl groups is 1. The summed E-state index contributed by atoms with van der Waals surface area (Å²) in [4.78, 5) is 21.4. The van der Waals surface area contributed by atoms with Crippen LogP contribution in [0, 0.1) is 0 Å². The maximum Gasteiger partial charge on any atom is 0.334 e. The highest BCUT2D eigenvalue weighted by molar-refractivity contribution is 5.76. The van der Waals surface area contributed by atoms with Gasteiger partial charge in [-0.25, -0.2) is 9.59 Å². The lowest BCUT2D eigenvalue weighted by molar-refractivity contribution is -0.146. The Balaban J connectivity index is 2.05. The summed E-state index contributed by atoms with van der Waals surface area (Å²) in [6.45, 7) is 0.705. The lowest BCUT2D eigenvalue weighted by Gasteiger charge is -2.09. The molecule has 0 aliphatic rings. The van der Waals surface area contributed by atoms with Gasteiger partial charge in [-0.3, -0.25) is 4.68 Å². The van der Waals surface area contributed by atoms with Gasteiger partial charge >= 0.3 is 12.0 Å². The molecule has 2 amide bonds. The average molecular weight is 257 g/mol. The first kappa shape index (κ1) is 13.9. The van der Waals surface area contributed by atoms with Gasteiger partial charge in [0.2, 0.25) is 0 Å². The minimum absolute atomic E-state index is 0.329. The number of aliphatic carboxylic acids is 1. The van der Waals surface area contributed by atoms with E-state index in [1.54, 1.807) is 17.1 Å². The van der Waals surface area contributed by atoms with Crippen molar-refractivity contribution >= 4 is 12.0 Å². The molecule has 9 nitrogen and oxygen atoms in total. The number of carbonyl (C=O) groups excluding carboxylic acids is 1. The predicted molar refractivity (Wildman–Crippen MR) is 59.7 cm³/mol. The number of rotatable bonds is 7. The lowest BCUT2D eigenvalue weighted by atomic mass is 10.3. The summed E-state index contributed by atoms with van der Waals surface area (Å²) in [6, 6.07) is -0.520. The Labute approximate surface area is 103 Å². The van der Waals surface area contributed by atoms with Crippen LogP contribution in [0.15, 0.2) is 12.4 Å². The summed E-state index contributed by atoms with van der Waals surface area (Å²) >= 11 is 0. The van der Waals surface area contributed by atoms with Gasteiger partial charge in [0.25, 0.3) is 0 Å². The van der Waals surface area contributed by atoms with Crippen LogP contribution in [-0.4, -0.2) is 56.4 Å². The van der Waals surface area contributed by atoms with Gasteiger partial charge in [0, 0.05) is 19.3 Å². The molecule has 0 aromatic carbocycles. The van der Waals surface area contributed by atoms with E-state index in [1.807, 2.05) is 0 Å². The Hall–Kier alpha value is -2.16. The van der Waals surface area contributed by atoms with E-state index < -0.39 is 18.1 Å². The second kappa shape index (κ2) is 7.22. The number of aliphatic hydroxyl groups excluding tert-OH is 1. The summed E-state index contributed by atoms with van der Waals surface area (Å²) in [7, 11) is 0. The standard InChI is InChI=1S/C9H15N5O4/c15-7(8(16)17)6-11-9(18)10-2-1-4-14-5-3-12-13-14/h3,5,7,15H,1-2,4,6H2,(H,16,17)(H2,10,11,18). The van der Waals surface area contributed by atoms with Crippen molar-refractivity contribution in [3.63, 3.8) is 0 Å². The van der Waals surface area contributed by atoms with E-state index in [0.29, 0.717) is 19.5 Å². The zero-order chi connectivity index (χ0) is 13.4. The predicted octanol–water partition coefficient (Wildman–Crippen LogP) is -1.59. The maximum absolute atomic E-state index is 11.2. The molecule has 100 valence electrons. The Morgan fingerprint density at radius 2 is 2.17 bits per heavy atom. The third kappa shape index (κ3) is 5.25. The maximum atomic E-state index is 11.2. The molecule has 1 unspecified atom stereocenters. The molecule has 0 fully saturated rings. The molecule has 1 rings (SSSR count). The normalized spacial score (nSPS) is 11.8. The monoisotopic (exact) mass is 257 g/mol. The summed E-state index contributed by atoms with van der Waals surface area (Å²) in [5.74, 6) is -1.37. The van der Waals surface area contributed by atoms with Crippen LogP contribution < -0.4 is 10.6 Å². The molecule has 4 N–H and O–H groups in total. The fourth-order valence-electron chi connectivity index (χ4n) is 1.13. The smallest absolute Gasteiger partial charge is 0.334 e. The van der Waals surface area contributed by atoms with E-state index in [1.165, 1.54) is 0 Å².